The van der Waals surface area contributed by atoms with Crippen molar-refractivity contribution in [1.82, 2.24) is 9.97 Å². The van der Waals surface area contributed by atoms with Gasteiger partial charge in [0.1, 0.15) is 5.75 Å². The number of carboxylic acids is 1. The molecule has 24 heavy (non-hydrogen) atoms. The summed E-state index contributed by atoms with van der Waals surface area (Å²) in [7, 11) is 0. The molecule has 2 heterocycles. The molecule has 1 N–H and O–H groups in total. The van der Waals surface area contributed by atoms with Crippen molar-refractivity contribution < 1.29 is 14.6 Å². The van der Waals surface area contributed by atoms with E-state index in [0.29, 0.717) is 22.3 Å². The first kappa shape index (κ1) is 16.5. The monoisotopic (exact) mass is 347 g/mol. The first-order valence-electron chi connectivity index (χ1n) is 7.85. The van der Waals surface area contributed by atoms with Crippen molar-refractivity contribution in [2.45, 2.75) is 19.3 Å². The van der Waals surface area contributed by atoms with E-state index in [1.807, 2.05) is 0 Å². The Morgan fingerprint density at radius 3 is 2.58 bits per heavy atom. The van der Waals surface area contributed by atoms with Gasteiger partial charge in [-0.25, -0.2) is 14.8 Å². The van der Waals surface area contributed by atoms with Crippen molar-refractivity contribution in [3.8, 4) is 16.9 Å². The summed E-state index contributed by atoms with van der Waals surface area (Å²) in [6, 6.07) is 5.03. The molecule has 7 heteroatoms. The summed E-state index contributed by atoms with van der Waals surface area (Å²) in [4.78, 5) is 21.8. The average molecular weight is 348 g/mol. The van der Waals surface area contributed by atoms with Crippen LogP contribution < -0.4 is 9.64 Å². The zero-order valence-electron chi connectivity index (χ0n) is 13.1. The third-order valence-electron chi connectivity index (χ3n) is 3.88. The van der Waals surface area contributed by atoms with Crippen LogP contribution in [0.25, 0.3) is 11.1 Å². The molecule has 0 aliphatic carbocycles. The van der Waals surface area contributed by atoms with Crippen LogP contribution in [0.3, 0.4) is 0 Å². The highest BCUT2D eigenvalue weighted by Gasteiger charge is 2.15. The number of anilines is 1. The smallest absolute Gasteiger partial charge is 0.341 e. The molecular weight excluding hydrogens is 330 g/mol. The van der Waals surface area contributed by atoms with Gasteiger partial charge in [0.2, 0.25) is 5.95 Å². The molecule has 1 aromatic carbocycles. The number of nitrogens with zero attached hydrogens (tertiary/aromatic N) is 3. The summed E-state index contributed by atoms with van der Waals surface area (Å²) >= 11 is 6.06. The number of rotatable bonds is 5. The second-order valence-electron chi connectivity index (χ2n) is 5.64. The van der Waals surface area contributed by atoms with Crippen molar-refractivity contribution in [2.75, 3.05) is 24.6 Å². The van der Waals surface area contributed by atoms with E-state index in [1.165, 1.54) is 6.42 Å². The average Bonchev–Trinajstić information content (AvgIpc) is 2.61. The Hall–Kier alpha value is -2.34. The van der Waals surface area contributed by atoms with Crippen LogP contribution in [0.15, 0.2) is 30.6 Å². The molecule has 0 bridgehead atoms. The number of benzene rings is 1. The number of piperidine rings is 1. The minimum absolute atomic E-state index is 0.415. The fourth-order valence-electron chi connectivity index (χ4n) is 2.71. The molecule has 1 aliphatic rings. The van der Waals surface area contributed by atoms with Gasteiger partial charge in [-0.2, -0.15) is 0 Å². The Morgan fingerprint density at radius 2 is 1.92 bits per heavy atom. The van der Waals surface area contributed by atoms with E-state index in [2.05, 4.69) is 14.9 Å². The Balaban J connectivity index is 1.84. The number of hydrogen-bond donors (Lipinski definition) is 1. The summed E-state index contributed by atoms with van der Waals surface area (Å²) in [5.41, 5.74) is 1.41. The van der Waals surface area contributed by atoms with Crippen LogP contribution in [0.1, 0.15) is 19.3 Å². The van der Waals surface area contributed by atoms with Gasteiger partial charge in [-0.05, 0) is 37.5 Å². The fraction of sp³-hybridized carbons (Fsp3) is 0.353. The topological polar surface area (TPSA) is 75.6 Å². The van der Waals surface area contributed by atoms with Crippen LogP contribution in [0.4, 0.5) is 5.95 Å². The lowest BCUT2D eigenvalue weighted by Crippen LogP contribution is -2.30. The molecule has 2 aromatic rings. The number of carbonyl (C=O) groups is 1. The molecule has 1 aliphatic heterocycles. The molecule has 6 nitrogen and oxygen atoms in total. The van der Waals surface area contributed by atoms with Gasteiger partial charge >= 0.3 is 5.97 Å². The molecule has 126 valence electrons. The van der Waals surface area contributed by atoms with Crippen LogP contribution in [-0.2, 0) is 4.79 Å². The molecule has 1 saturated heterocycles. The molecule has 3 rings (SSSR count). The summed E-state index contributed by atoms with van der Waals surface area (Å²) < 4.78 is 5.33. The zero-order valence-corrected chi connectivity index (χ0v) is 13.9. The largest absolute Gasteiger partial charge is 0.481 e. The van der Waals surface area contributed by atoms with Crippen molar-refractivity contribution in [2.24, 2.45) is 0 Å². The Bertz CT molecular complexity index is 716. The van der Waals surface area contributed by atoms with Crippen molar-refractivity contribution in [3.63, 3.8) is 0 Å². The van der Waals surface area contributed by atoms with Crippen LogP contribution in [0, 0.1) is 0 Å². The van der Waals surface area contributed by atoms with E-state index < -0.39 is 12.6 Å². The number of ether oxygens (including phenoxy) is 1. The minimum Gasteiger partial charge on any atom is -0.481 e. The third kappa shape index (κ3) is 3.94. The van der Waals surface area contributed by atoms with Gasteiger partial charge in [-0.15, -0.1) is 0 Å². The van der Waals surface area contributed by atoms with Gasteiger partial charge < -0.3 is 14.7 Å². The standard InChI is InChI=1S/C17H18ClN3O3/c18-13-4-5-15(24-11-16(22)23)14(8-13)12-9-19-17(20-10-12)21-6-2-1-3-7-21/h4-5,8-10H,1-3,6-7,11H2,(H,22,23). The van der Waals surface area contributed by atoms with Crippen LogP contribution in [0.5, 0.6) is 5.75 Å². The van der Waals surface area contributed by atoms with Crippen molar-refractivity contribution in [1.29, 1.82) is 0 Å². The number of carboxylic acid groups (broad SMARTS) is 1. The molecule has 0 amide bonds. The van der Waals surface area contributed by atoms with Gasteiger partial charge in [0.15, 0.2) is 6.61 Å². The Morgan fingerprint density at radius 1 is 1.21 bits per heavy atom. The van der Waals surface area contributed by atoms with E-state index in [9.17, 15) is 4.79 Å². The number of aliphatic carboxylic acids is 1. The molecule has 1 fully saturated rings. The molecule has 0 atom stereocenters. The highest BCUT2D eigenvalue weighted by atomic mass is 35.5. The van der Waals surface area contributed by atoms with E-state index >= 15 is 0 Å². The highest BCUT2D eigenvalue weighted by Crippen LogP contribution is 2.32. The molecule has 0 saturated carbocycles. The van der Waals surface area contributed by atoms with E-state index in [1.54, 1.807) is 30.6 Å². The van der Waals surface area contributed by atoms with Gasteiger partial charge in [0.05, 0.1) is 0 Å². The molecule has 1 aromatic heterocycles. The summed E-state index contributed by atoms with van der Waals surface area (Å²) in [6.07, 6.45) is 7.01. The molecule has 0 spiro atoms. The van der Waals surface area contributed by atoms with Gasteiger partial charge in [-0.1, -0.05) is 11.6 Å². The van der Waals surface area contributed by atoms with Crippen molar-refractivity contribution >= 4 is 23.5 Å². The maximum absolute atomic E-state index is 10.7. The Labute approximate surface area is 145 Å². The maximum atomic E-state index is 10.7. The van der Waals surface area contributed by atoms with Crippen LogP contribution in [0.2, 0.25) is 5.02 Å². The van der Waals surface area contributed by atoms with Gasteiger partial charge in [0.25, 0.3) is 0 Å². The van der Waals surface area contributed by atoms with E-state index in [-0.39, 0.29) is 0 Å². The quantitative estimate of drug-likeness (QED) is 0.894. The minimum atomic E-state index is -1.03. The van der Waals surface area contributed by atoms with Crippen LogP contribution >= 0.6 is 11.6 Å². The summed E-state index contributed by atoms with van der Waals surface area (Å²) in [5, 5.41) is 9.33. The lowest BCUT2D eigenvalue weighted by molar-refractivity contribution is -0.139. The maximum Gasteiger partial charge on any atom is 0.341 e. The third-order valence-corrected chi connectivity index (χ3v) is 4.12. The predicted molar refractivity (Wildman–Crippen MR) is 91.7 cm³/mol. The number of halogens is 1. The zero-order chi connectivity index (χ0) is 16.9. The summed E-state index contributed by atoms with van der Waals surface area (Å²) in [6.45, 7) is 1.54. The van der Waals surface area contributed by atoms with E-state index in [4.69, 9.17) is 21.4 Å². The number of hydrogen-bond acceptors (Lipinski definition) is 5. The second kappa shape index (κ2) is 7.49. The van der Waals surface area contributed by atoms with E-state index in [0.717, 1.165) is 31.5 Å². The lowest BCUT2D eigenvalue weighted by atomic mass is 10.1. The Kier molecular flexibility index (Phi) is 5.15. The predicted octanol–water partition coefficient (Wildman–Crippen LogP) is 3.25. The molecule has 0 unspecified atom stereocenters. The van der Waals surface area contributed by atoms with Gasteiger partial charge in [0, 0.05) is 41.6 Å². The SMILES string of the molecule is O=C(O)COc1ccc(Cl)cc1-c1cnc(N2CCCCC2)nc1. The highest BCUT2D eigenvalue weighted by molar-refractivity contribution is 6.31. The molecule has 0 radical (unpaired) electrons. The normalized spacial score (nSPS) is 14.5. The summed E-state index contributed by atoms with van der Waals surface area (Å²) in [5.74, 6) is 0.122. The molecular formula is C17H18ClN3O3. The lowest BCUT2D eigenvalue weighted by Gasteiger charge is -2.26. The first-order chi connectivity index (χ1) is 11.6. The van der Waals surface area contributed by atoms with Gasteiger partial charge in [-0.3, -0.25) is 0 Å². The first-order valence-corrected chi connectivity index (χ1v) is 8.23. The van der Waals surface area contributed by atoms with Crippen LogP contribution in [-0.4, -0.2) is 40.7 Å². The van der Waals surface area contributed by atoms with Crippen molar-refractivity contribution in [3.05, 3.63) is 35.6 Å². The fourth-order valence-corrected chi connectivity index (χ4v) is 2.88. The second-order valence-corrected chi connectivity index (χ2v) is 6.08. The number of aromatic nitrogens is 2.